The molecule has 0 heterocycles. The normalized spacial score (nSPS) is 13.5. The average Bonchev–Trinajstić information content (AvgIpc) is 3.48. The van der Waals surface area contributed by atoms with E-state index in [1.165, 1.54) is 0 Å². The van der Waals surface area contributed by atoms with E-state index in [4.69, 9.17) is 9.47 Å². The Morgan fingerprint density at radius 3 is 2.54 bits per heavy atom. The highest BCUT2D eigenvalue weighted by Crippen LogP contribution is 2.26. The summed E-state index contributed by atoms with van der Waals surface area (Å²) in [6.07, 6.45) is 2.96. The minimum Gasteiger partial charge on any atom is -0.483 e. The van der Waals surface area contributed by atoms with Crippen LogP contribution in [0.2, 0.25) is 0 Å². The summed E-state index contributed by atoms with van der Waals surface area (Å²) in [6, 6.07) is 11.7. The molecule has 0 atom stereocenters. The summed E-state index contributed by atoms with van der Waals surface area (Å²) in [4.78, 5) is 24.7. The number of benzene rings is 2. The third kappa shape index (κ3) is 5.96. The number of carbonyl (C=O) groups excluding carboxylic acids is 2. The summed E-state index contributed by atoms with van der Waals surface area (Å²) in [5.74, 6) is 0.0429. The minimum atomic E-state index is -0.215. The van der Waals surface area contributed by atoms with E-state index in [-0.39, 0.29) is 30.6 Å². The van der Waals surface area contributed by atoms with Crippen molar-refractivity contribution in [3.8, 4) is 5.75 Å². The van der Waals surface area contributed by atoms with Crippen LogP contribution in [0.5, 0.6) is 5.75 Å². The third-order valence-electron chi connectivity index (χ3n) is 4.45. The van der Waals surface area contributed by atoms with Crippen molar-refractivity contribution in [1.29, 1.82) is 0 Å². The standard InChI is InChI=1S/C22H28N2O4/c1-15(2)27-11-5-10-23-22(26)19-12-16-6-3-4-7-17(16)13-20(19)28-14-21(25)24-18-8-9-18/h3-4,6-7,12-13,15,18H,5,8-11,14H2,1-2H3,(H,23,26)(H,24,25). The first-order valence-electron chi connectivity index (χ1n) is 9.87. The quantitative estimate of drug-likeness (QED) is 0.618. The van der Waals surface area contributed by atoms with E-state index >= 15 is 0 Å². The summed E-state index contributed by atoms with van der Waals surface area (Å²) >= 11 is 0. The molecule has 3 rings (SSSR count). The van der Waals surface area contributed by atoms with Crippen LogP contribution in [0.25, 0.3) is 10.8 Å². The van der Waals surface area contributed by atoms with Gasteiger partial charge in [-0.3, -0.25) is 9.59 Å². The molecule has 2 aromatic rings. The fourth-order valence-corrected chi connectivity index (χ4v) is 2.84. The van der Waals surface area contributed by atoms with Gasteiger partial charge in [-0.25, -0.2) is 0 Å². The maximum Gasteiger partial charge on any atom is 0.258 e. The van der Waals surface area contributed by atoms with E-state index in [1.54, 1.807) is 0 Å². The molecule has 150 valence electrons. The van der Waals surface area contributed by atoms with Crippen molar-refractivity contribution in [2.45, 2.75) is 45.3 Å². The lowest BCUT2D eigenvalue weighted by Crippen LogP contribution is -2.31. The van der Waals surface area contributed by atoms with Crippen molar-refractivity contribution in [2.24, 2.45) is 0 Å². The Bertz CT molecular complexity index is 830. The van der Waals surface area contributed by atoms with E-state index in [0.29, 0.717) is 24.5 Å². The van der Waals surface area contributed by atoms with Gasteiger partial charge in [0.05, 0.1) is 11.7 Å². The van der Waals surface area contributed by atoms with Crippen LogP contribution in [0, 0.1) is 0 Å². The first-order valence-corrected chi connectivity index (χ1v) is 9.87. The molecular formula is C22H28N2O4. The number of ether oxygens (including phenoxy) is 2. The Balaban J connectivity index is 1.66. The van der Waals surface area contributed by atoms with Crippen LogP contribution in [-0.2, 0) is 9.53 Å². The molecular weight excluding hydrogens is 356 g/mol. The van der Waals surface area contributed by atoms with Gasteiger partial charge in [0.1, 0.15) is 5.75 Å². The average molecular weight is 384 g/mol. The molecule has 1 fully saturated rings. The molecule has 2 aromatic carbocycles. The number of fused-ring (bicyclic) bond motifs is 1. The molecule has 6 heteroatoms. The van der Waals surface area contributed by atoms with Crippen LogP contribution in [0.4, 0.5) is 0 Å². The maximum absolute atomic E-state index is 12.7. The van der Waals surface area contributed by atoms with Gasteiger partial charge in [0.25, 0.3) is 11.8 Å². The number of hydrogen-bond donors (Lipinski definition) is 2. The lowest BCUT2D eigenvalue weighted by atomic mass is 10.1. The summed E-state index contributed by atoms with van der Waals surface area (Å²) in [5.41, 5.74) is 0.433. The van der Waals surface area contributed by atoms with Crippen LogP contribution in [0.3, 0.4) is 0 Å². The highest BCUT2D eigenvalue weighted by Gasteiger charge is 2.23. The largest absolute Gasteiger partial charge is 0.483 e. The van der Waals surface area contributed by atoms with Crippen molar-refractivity contribution in [3.63, 3.8) is 0 Å². The van der Waals surface area contributed by atoms with E-state index in [0.717, 1.165) is 30.0 Å². The topological polar surface area (TPSA) is 76.7 Å². The van der Waals surface area contributed by atoms with Crippen molar-refractivity contribution in [1.82, 2.24) is 10.6 Å². The molecule has 0 aliphatic heterocycles. The summed E-state index contributed by atoms with van der Waals surface area (Å²) < 4.78 is 11.2. The molecule has 0 radical (unpaired) electrons. The minimum absolute atomic E-state index is 0.0999. The Hall–Kier alpha value is -2.60. The number of carbonyl (C=O) groups is 2. The number of hydrogen-bond acceptors (Lipinski definition) is 4. The van der Waals surface area contributed by atoms with Gasteiger partial charge >= 0.3 is 0 Å². The Kier molecular flexibility index (Phi) is 6.87. The molecule has 0 unspecified atom stereocenters. The SMILES string of the molecule is CC(C)OCCCNC(=O)c1cc2ccccc2cc1OCC(=O)NC1CC1. The van der Waals surface area contributed by atoms with Crippen LogP contribution < -0.4 is 15.4 Å². The zero-order valence-corrected chi connectivity index (χ0v) is 16.5. The fraction of sp³-hybridized carbons (Fsp3) is 0.455. The van der Waals surface area contributed by atoms with E-state index in [9.17, 15) is 9.59 Å². The third-order valence-corrected chi connectivity index (χ3v) is 4.45. The predicted molar refractivity (Wildman–Crippen MR) is 109 cm³/mol. The number of rotatable bonds is 10. The van der Waals surface area contributed by atoms with Gasteiger partial charge in [0.2, 0.25) is 0 Å². The van der Waals surface area contributed by atoms with Gasteiger partial charge in [-0.2, -0.15) is 0 Å². The second-order valence-corrected chi connectivity index (χ2v) is 7.35. The first-order chi connectivity index (χ1) is 13.5. The number of amides is 2. The molecule has 6 nitrogen and oxygen atoms in total. The van der Waals surface area contributed by atoms with Gasteiger partial charge in [0.15, 0.2) is 6.61 Å². The van der Waals surface area contributed by atoms with E-state index in [2.05, 4.69) is 10.6 Å². The Morgan fingerprint density at radius 2 is 1.86 bits per heavy atom. The smallest absolute Gasteiger partial charge is 0.258 e. The molecule has 28 heavy (non-hydrogen) atoms. The monoisotopic (exact) mass is 384 g/mol. The summed E-state index contributed by atoms with van der Waals surface area (Å²) in [6.45, 7) is 4.98. The molecule has 0 saturated heterocycles. The molecule has 0 bridgehead atoms. The highest BCUT2D eigenvalue weighted by atomic mass is 16.5. The number of nitrogens with one attached hydrogen (secondary N) is 2. The fourth-order valence-electron chi connectivity index (χ4n) is 2.84. The molecule has 2 amide bonds. The molecule has 2 N–H and O–H groups in total. The van der Waals surface area contributed by atoms with Crippen molar-refractivity contribution >= 4 is 22.6 Å². The second kappa shape index (κ2) is 9.55. The first kappa shape index (κ1) is 20.1. The Morgan fingerprint density at radius 1 is 1.14 bits per heavy atom. The van der Waals surface area contributed by atoms with Crippen molar-refractivity contribution in [3.05, 3.63) is 42.0 Å². The molecule has 1 saturated carbocycles. The van der Waals surface area contributed by atoms with Crippen LogP contribution in [-0.4, -0.2) is 43.7 Å². The zero-order chi connectivity index (χ0) is 19.9. The van der Waals surface area contributed by atoms with Gasteiger partial charge < -0.3 is 20.1 Å². The predicted octanol–water partition coefficient (Wildman–Crippen LogP) is 3.04. The maximum atomic E-state index is 12.7. The summed E-state index contributed by atoms with van der Waals surface area (Å²) in [5, 5.41) is 7.71. The van der Waals surface area contributed by atoms with E-state index < -0.39 is 0 Å². The molecule has 1 aliphatic rings. The van der Waals surface area contributed by atoms with Crippen molar-refractivity contribution in [2.75, 3.05) is 19.8 Å². The van der Waals surface area contributed by atoms with Gasteiger partial charge in [-0.1, -0.05) is 24.3 Å². The molecule has 0 aromatic heterocycles. The van der Waals surface area contributed by atoms with Crippen LogP contribution >= 0.6 is 0 Å². The van der Waals surface area contributed by atoms with Gasteiger partial charge in [0, 0.05) is 19.2 Å². The molecule has 0 spiro atoms. The molecule has 1 aliphatic carbocycles. The van der Waals surface area contributed by atoms with Gasteiger partial charge in [-0.15, -0.1) is 0 Å². The highest BCUT2D eigenvalue weighted by molar-refractivity contribution is 6.01. The zero-order valence-electron chi connectivity index (χ0n) is 16.5. The van der Waals surface area contributed by atoms with Crippen molar-refractivity contribution < 1.29 is 19.1 Å². The lowest BCUT2D eigenvalue weighted by molar-refractivity contribution is -0.123. The van der Waals surface area contributed by atoms with Crippen LogP contribution in [0.1, 0.15) is 43.5 Å². The summed E-state index contributed by atoms with van der Waals surface area (Å²) in [7, 11) is 0. The van der Waals surface area contributed by atoms with Gasteiger partial charge in [-0.05, 0) is 56.0 Å². The lowest BCUT2D eigenvalue weighted by Gasteiger charge is -2.14. The second-order valence-electron chi connectivity index (χ2n) is 7.35. The Labute approximate surface area is 165 Å². The van der Waals surface area contributed by atoms with E-state index in [1.807, 2.05) is 50.2 Å². The van der Waals surface area contributed by atoms with Crippen LogP contribution in [0.15, 0.2) is 36.4 Å².